The molecule has 2 heterocycles. The number of benzene rings is 1. The van der Waals surface area contributed by atoms with Gasteiger partial charge in [0.15, 0.2) is 0 Å². The highest BCUT2D eigenvalue weighted by Gasteiger charge is 2.39. The number of aromatic nitrogens is 1. The number of nitrogens with one attached hydrogen (secondary N) is 2. The number of pyridine rings is 1. The summed E-state index contributed by atoms with van der Waals surface area (Å²) in [4.78, 5) is 28.8. The van der Waals surface area contributed by atoms with Gasteiger partial charge in [-0.3, -0.25) is 4.79 Å². The van der Waals surface area contributed by atoms with Crippen molar-refractivity contribution in [2.45, 2.75) is 31.7 Å². The van der Waals surface area contributed by atoms with Gasteiger partial charge in [0.2, 0.25) is 5.91 Å². The molecular weight excluding hydrogens is 394 g/mol. The van der Waals surface area contributed by atoms with E-state index in [-0.39, 0.29) is 16.3 Å². The lowest BCUT2D eigenvalue weighted by molar-refractivity contribution is -0.121. The molecule has 3 rings (SSSR count). The Morgan fingerprint density at radius 1 is 1.34 bits per heavy atom. The first-order chi connectivity index (χ1) is 13.6. The Kier molecular flexibility index (Phi) is 5.26. The average molecular weight is 413 g/mol. The van der Waals surface area contributed by atoms with Gasteiger partial charge in [0, 0.05) is 6.20 Å². The Hall–Kier alpha value is -3.45. The minimum absolute atomic E-state index is 0.0208. The van der Waals surface area contributed by atoms with E-state index in [0.717, 1.165) is 5.56 Å². The van der Waals surface area contributed by atoms with Crippen LogP contribution in [0.4, 0.5) is 10.5 Å². The number of aryl methyl sites for hydroxylation is 2. The fraction of sp³-hybridized carbons (Fsp3) is 0.263. The number of carbonyl (C=O) groups is 2. The van der Waals surface area contributed by atoms with Gasteiger partial charge in [-0.25, -0.2) is 22.5 Å². The first-order valence-electron chi connectivity index (χ1n) is 8.74. The number of hydrogen-bond acceptors (Lipinski definition) is 6. The molecule has 1 atom stereocenters. The van der Waals surface area contributed by atoms with Crippen LogP contribution < -0.4 is 10.6 Å². The van der Waals surface area contributed by atoms with Crippen LogP contribution in [0.1, 0.15) is 35.3 Å². The first kappa shape index (κ1) is 20.3. The minimum atomic E-state index is -4.16. The summed E-state index contributed by atoms with van der Waals surface area (Å²) in [6.45, 7) is 4.45. The van der Waals surface area contributed by atoms with E-state index in [1.54, 1.807) is 39.0 Å². The van der Waals surface area contributed by atoms with Crippen molar-refractivity contribution in [1.82, 2.24) is 14.6 Å². The summed E-state index contributed by atoms with van der Waals surface area (Å²) in [5.41, 5.74) is 2.37. The zero-order valence-electron chi connectivity index (χ0n) is 16.1. The van der Waals surface area contributed by atoms with E-state index >= 15 is 0 Å². The largest absolute Gasteiger partial charge is 0.348 e. The number of rotatable bonds is 4. The van der Waals surface area contributed by atoms with Gasteiger partial charge >= 0.3 is 6.03 Å². The fourth-order valence-electron chi connectivity index (χ4n) is 3.22. The molecule has 0 radical (unpaired) electrons. The maximum Gasteiger partial charge on any atom is 0.336 e. The third-order valence-corrected chi connectivity index (χ3v) is 6.56. The van der Waals surface area contributed by atoms with Gasteiger partial charge in [0.05, 0.1) is 11.7 Å². The molecular formula is C19H19N5O4S. The van der Waals surface area contributed by atoms with Gasteiger partial charge in [0.25, 0.3) is 10.0 Å². The second kappa shape index (κ2) is 7.52. The van der Waals surface area contributed by atoms with Crippen LogP contribution >= 0.6 is 0 Å². The Labute approximate surface area is 168 Å². The number of fused-ring (bicyclic) bond motifs is 1. The number of anilines is 1. The van der Waals surface area contributed by atoms with E-state index in [1.165, 1.54) is 12.3 Å². The summed E-state index contributed by atoms with van der Waals surface area (Å²) in [5, 5.41) is 14.1. The van der Waals surface area contributed by atoms with Crippen molar-refractivity contribution in [2.24, 2.45) is 0 Å². The predicted molar refractivity (Wildman–Crippen MR) is 104 cm³/mol. The maximum atomic E-state index is 12.9. The van der Waals surface area contributed by atoms with Crippen LogP contribution in [0.25, 0.3) is 0 Å². The van der Waals surface area contributed by atoms with E-state index in [9.17, 15) is 18.0 Å². The molecule has 1 aliphatic rings. The molecule has 29 heavy (non-hydrogen) atoms. The number of hydrogen-bond donors (Lipinski definition) is 2. The Morgan fingerprint density at radius 2 is 2.07 bits per heavy atom. The summed E-state index contributed by atoms with van der Waals surface area (Å²) in [6.07, 6.45) is 1.49. The zero-order chi connectivity index (χ0) is 21.3. The van der Waals surface area contributed by atoms with Gasteiger partial charge in [-0.1, -0.05) is 12.1 Å². The summed E-state index contributed by atoms with van der Waals surface area (Å²) in [5.74, 6) is -0.642. The summed E-state index contributed by atoms with van der Waals surface area (Å²) >= 11 is 0. The molecule has 9 nitrogen and oxygen atoms in total. The summed E-state index contributed by atoms with van der Waals surface area (Å²) in [6, 6.07) is 6.92. The summed E-state index contributed by atoms with van der Waals surface area (Å²) < 4.78 is 26.3. The molecule has 1 aromatic carbocycles. The molecule has 0 bridgehead atoms. The molecule has 1 aliphatic heterocycles. The maximum absolute atomic E-state index is 12.9. The Bertz CT molecular complexity index is 1150. The van der Waals surface area contributed by atoms with Crippen molar-refractivity contribution >= 4 is 27.6 Å². The molecule has 2 aromatic rings. The monoisotopic (exact) mass is 413 g/mol. The van der Waals surface area contributed by atoms with Gasteiger partial charge in [0.1, 0.15) is 23.2 Å². The number of carbonyl (C=O) groups excluding carboxylic acids is 2. The van der Waals surface area contributed by atoms with E-state index < -0.39 is 34.5 Å². The molecule has 0 aliphatic carbocycles. The highest BCUT2D eigenvalue weighted by Crippen LogP contribution is 2.32. The third-order valence-electron chi connectivity index (χ3n) is 4.63. The third kappa shape index (κ3) is 3.77. The topological polar surface area (TPSA) is 132 Å². The van der Waals surface area contributed by atoms with Crippen molar-refractivity contribution < 1.29 is 18.0 Å². The van der Waals surface area contributed by atoms with Crippen molar-refractivity contribution in [3.8, 4) is 6.07 Å². The van der Waals surface area contributed by atoms with Gasteiger partial charge in [-0.2, -0.15) is 5.26 Å². The average Bonchev–Trinajstić information content (AvgIpc) is 2.64. The second-order valence-electron chi connectivity index (χ2n) is 6.72. The molecule has 0 saturated heterocycles. The van der Waals surface area contributed by atoms with Gasteiger partial charge in [-0.15, -0.1) is 0 Å². The van der Waals surface area contributed by atoms with E-state index in [0.29, 0.717) is 15.4 Å². The zero-order valence-corrected chi connectivity index (χ0v) is 16.9. The quantitative estimate of drug-likeness (QED) is 0.788. The van der Waals surface area contributed by atoms with Crippen molar-refractivity contribution in [1.29, 1.82) is 5.26 Å². The van der Waals surface area contributed by atoms with Gasteiger partial charge < -0.3 is 10.6 Å². The van der Waals surface area contributed by atoms with Crippen LogP contribution in [0.15, 0.2) is 35.4 Å². The predicted octanol–water partition coefficient (Wildman–Crippen LogP) is 1.98. The molecule has 0 saturated carbocycles. The van der Waals surface area contributed by atoms with Crippen LogP contribution in [0, 0.1) is 25.2 Å². The Morgan fingerprint density at radius 3 is 2.72 bits per heavy atom. The summed E-state index contributed by atoms with van der Waals surface area (Å²) in [7, 11) is -4.16. The number of nitriles is 1. The molecule has 3 amide bonds. The Balaban J connectivity index is 1.79. The number of urea groups is 1. The highest BCUT2D eigenvalue weighted by atomic mass is 32.2. The van der Waals surface area contributed by atoms with Crippen molar-refractivity contribution in [3.63, 3.8) is 0 Å². The highest BCUT2D eigenvalue weighted by molar-refractivity contribution is 7.90. The lowest BCUT2D eigenvalue weighted by atomic mass is 10.0. The number of nitrogens with zero attached hydrogens (tertiary/aromatic N) is 3. The van der Waals surface area contributed by atoms with Crippen LogP contribution in [0.5, 0.6) is 0 Å². The fourth-order valence-corrected chi connectivity index (χ4v) is 4.87. The van der Waals surface area contributed by atoms with E-state index in [1.807, 2.05) is 6.07 Å². The van der Waals surface area contributed by atoms with E-state index in [4.69, 9.17) is 5.26 Å². The normalized spacial score (nSPS) is 15.7. The lowest BCUT2D eigenvalue weighted by Gasteiger charge is -2.29. The first-order valence-corrected chi connectivity index (χ1v) is 10.2. The molecule has 150 valence electrons. The van der Waals surface area contributed by atoms with Crippen LogP contribution in [0.2, 0.25) is 0 Å². The molecule has 0 spiro atoms. The van der Waals surface area contributed by atoms with Crippen molar-refractivity contribution in [2.75, 3.05) is 11.9 Å². The van der Waals surface area contributed by atoms with E-state index in [2.05, 4.69) is 15.6 Å². The lowest BCUT2D eigenvalue weighted by Crippen LogP contribution is -2.49. The molecule has 0 fully saturated rings. The SMILES string of the molecule is Cc1cc(C#N)ncc1[C@@H](C)NC(=O)CN1C(=O)Nc2cccc(C)c2S1(=O)=O. The van der Waals surface area contributed by atoms with Crippen LogP contribution in [-0.4, -0.2) is 36.2 Å². The van der Waals surface area contributed by atoms with Crippen molar-refractivity contribution in [3.05, 3.63) is 52.8 Å². The smallest absolute Gasteiger partial charge is 0.336 e. The standard InChI is InChI=1S/C19H19N5O4S/c1-11-5-4-6-16-18(11)29(27,28)24(19(26)23-16)10-17(25)22-13(3)15-9-21-14(8-20)7-12(15)2/h4-7,9,13H,10H2,1-3H3,(H,22,25)(H,23,26)/t13-/m1/s1. The minimum Gasteiger partial charge on any atom is -0.348 e. The molecule has 10 heteroatoms. The van der Waals surface area contributed by atoms with Gasteiger partial charge in [-0.05, 0) is 49.6 Å². The number of amides is 3. The molecule has 1 aromatic heterocycles. The van der Waals surface area contributed by atoms with Crippen LogP contribution in [-0.2, 0) is 14.8 Å². The second-order valence-corrected chi connectivity index (χ2v) is 8.52. The molecule has 0 unspecified atom stereocenters. The molecule has 2 N–H and O–H groups in total. The van der Waals surface area contributed by atoms with Crippen LogP contribution in [0.3, 0.4) is 0 Å². The number of sulfonamides is 1.